The molecule has 0 radical (unpaired) electrons. The Balaban J connectivity index is 1.83. The summed E-state index contributed by atoms with van der Waals surface area (Å²) in [5.41, 5.74) is 1.22. The number of ether oxygens (including phenoxy) is 1. The van der Waals surface area contributed by atoms with Crippen LogP contribution in [-0.2, 0) is 4.79 Å². The van der Waals surface area contributed by atoms with Crippen LogP contribution in [0, 0.1) is 5.92 Å². The second-order valence-electron chi connectivity index (χ2n) is 5.37. The van der Waals surface area contributed by atoms with Crippen LogP contribution in [0.5, 0.6) is 5.75 Å². The average Bonchev–Trinajstić information content (AvgIpc) is 2.48. The van der Waals surface area contributed by atoms with Gasteiger partial charge in [-0.25, -0.2) is 0 Å². The maximum Gasteiger partial charge on any atom is 0.265 e. The van der Waals surface area contributed by atoms with E-state index in [1.807, 2.05) is 0 Å². The van der Waals surface area contributed by atoms with Crippen molar-refractivity contribution >= 4 is 17.4 Å². The SMILES string of the molecule is CC1Oc2ccc(C(=O)C3CCCNC3)cc2NC1=O. The van der Waals surface area contributed by atoms with E-state index in [0.29, 0.717) is 17.0 Å². The molecule has 0 aromatic heterocycles. The molecule has 2 aliphatic heterocycles. The van der Waals surface area contributed by atoms with E-state index in [1.54, 1.807) is 25.1 Å². The molecule has 2 N–H and O–H groups in total. The molecule has 1 fully saturated rings. The Kier molecular flexibility index (Phi) is 3.44. The third kappa shape index (κ3) is 2.41. The number of ketones is 1. The molecule has 0 saturated carbocycles. The number of Topliss-reactive ketones (excluding diaryl/α,β-unsaturated/α-hetero) is 1. The standard InChI is InChI=1S/C15H18N2O3/c1-9-15(19)17-12-7-10(4-5-13(12)20-9)14(18)11-3-2-6-16-8-11/h4-5,7,9,11,16H,2-3,6,8H2,1H3,(H,17,19). The van der Waals surface area contributed by atoms with Crippen LogP contribution in [0.25, 0.3) is 0 Å². The number of carbonyl (C=O) groups is 2. The van der Waals surface area contributed by atoms with Gasteiger partial charge in [0.2, 0.25) is 0 Å². The number of rotatable bonds is 2. The van der Waals surface area contributed by atoms with Crippen LogP contribution >= 0.6 is 0 Å². The van der Waals surface area contributed by atoms with Crippen LogP contribution < -0.4 is 15.4 Å². The van der Waals surface area contributed by atoms with Crippen molar-refractivity contribution in [3.8, 4) is 5.75 Å². The van der Waals surface area contributed by atoms with Gasteiger partial charge in [0.05, 0.1) is 5.69 Å². The first-order valence-corrected chi connectivity index (χ1v) is 7.01. The summed E-state index contributed by atoms with van der Waals surface area (Å²) >= 11 is 0. The van der Waals surface area contributed by atoms with Gasteiger partial charge in [-0.15, -0.1) is 0 Å². The lowest BCUT2D eigenvalue weighted by Gasteiger charge is -2.25. The monoisotopic (exact) mass is 274 g/mol. The fraction of sp³-hybridized carbons (Fsp3) is 0.467. The van der Waals surface area contributed by atoms with E-state index >= 15 is 0 Å². The van der Waals surface area contributed by atoms with Gasteiger partial charge in [0.1, 0.15) is 5.75 Å². The highest BCUT2D eigenvalue weighted by Gasteiger charge is 2.26. The maximum absolute atomic E-state index is 12.4. The Morgan fingerprint density at radius 1 is 1.40 bits per heavy atom. The summed E-state index contributed by atoms with van der Waals surface area (Å²) < 4.78 is 5.49. The molecule has 0 spiro atoms. The molecule has 2 heterocycles. The number of carbonyl (C=O) groups excluding carboxylic acids is 2. The second-order valence-corrected chi connectivity index (χ2v) is 5.37. The maximum atomic E-state index is 12.4. The number of nitrogens with one attached hydrogen (secondary N) is 2. The summed E-state index contributed by atoms with van der Waals surface area (Å²) in [7, 11) is 0. The predicted molar refractivity (Wildman–Crippen MR) is 75.1 cm³/mol. The summed E-state index contributed by atoms with van der Waals surface area (Å²) in [5.74, 6) is 0.602. The Bertz CT molecular complexity index is 550. The fourth-order valence-corrected chi connectivity index (χ4v) is 2.67. The Morgan fingerprint density at radius 2 is 2.25 bits per heavy atom. The molecule has 5 heteroatoms. The zero-order chi connectivity index (χ0) is 14.1. The predicted octanol–water partition coefficient (Wildman–Crippen LogP) is 1.59. The molecule has 1 aromatic carbocycles. The lowest BCUT2D eigenvalue weighted by molar-refractivity contribution is -0.122. The zero-order valence-corrected chi connectivity index (χ0v) is 11.4. The first-order valence-electron chi connectivity index (χ1n) is 7.01. The van der Waals surface area contributed by atoms with Gasteiger partial charge in [-0.1, -0.05) is 0 Å². The number of amides is 1. The summed E-state index contributed by atoms with van der Waals surface area (Å²) in [5, 5.41) is 6.02. The highest BCUT2D eigenvalue weighted by Crippen LogP contribution is 2.31. The highest BCUT2D eigenvalue weighted by molar-refractivity contribution is 6.02. The van der Waals surface area contributed by atoms with Crippen LogP contribution in [0.4, 0.5) is 5.69 Å². The molecule has 20 heavy (non-hydrogen) atoms. The Morgan fingerprint density at radius 3 is 3.00 bits per heavy atom. The quantitative estimate of drug-likeness (QED) is 0.804. The molecule has 106 valence electrons. The van der Waals surface area contributed by atoms with Crippen LogP contribution in [0.1, 0.15) is 30.1 Å². The summed E-state index contributed by atoms with van der Waals surface area (Å²) in [6, 6.07) is 5.25. The minimum absolute atomic E-state index is 0.0286. The van der Waals surface area contributed by atoms with Crippen LogP contribution in [0.2, 0.25) is 0 Å². The molecule has 1 aromatic rings. The number of anilines is 1. The molecule has 3 rings (SSSR count). The van der Waals surface area contributed by atoms with Crippen molar-refractivity contribution in [3.05, 3.63) is 23.8 Å². The van der Waals surface area contributed by atoms with Crippen LogP contribution in [0.15, 0.2) is 18.2 Å². The van der Waals surface area contributed by atoms with Crippen molar-refractivity contribution in [3.63, 3.8) is 0 Å². The van der Waals surface area contributed by atoms with Gasteiger partial charge < -0.3 is 15.4 Å². The zero-order valence-electron chi connectivity index (χ0n) is 11.4. The lowest BCUT2D eigenvalue weighted by Crippen LogP contribution is -2.35. The molecular formula is C15H18N2O3. The highest BCUT2D eigenvalue weighted by atomic mass is 16.5. The van der Waals surface area contributed by atoms with E-state index in [2.05, 4.69) is 10.6 Å². The van der Waals surface area contributed by atoms with Gasteiger partial charge in [-0.3, -0.25) is 9.59 Å². The Hall–Kier alpha value is -1.88. The number of hydrogen-bond acceptors (Lipinski definition) is 4. The molecule has 1 amide bonds. The molecule has 2 unspecified atom stereocenters. The largest absolute Gasteiger partial charge is 0.479 e. The van der Waals surface area contributed by atoms with Crippen molar-refractivity contribution in [1.29, 1.82) is 0 Å². The second kappa shape index (κ2) is 5.25. The summed E-state index contributed by atoms with van der Waals surface area (Å²) in [4.78, 5) is 24.0. The average molecular weight is 274 g/mol. The van der Waals surface area contributed by atoms with E-state index in [4.69, 9.17) is 4.74 Å². The topological polar surface area (TPSA) is 67.4 Å². The van der Waals surface area contributed by atoms with Gasteiger partial charge in [-0.05, 0) is 44.5 Å². The van der Waals surface area contributed by atoms with Crippen molar-refractivity contribution in [1.82, 2.24) is 5.32 Å². The third-order valence-electron chi connectivity index (χ3n) is 3.86. The normalized spacial score (nSPS) is 25.4. The molecular weight excluding hydrogens is 256 g/mol. The van der Waals surface area contributed by atoms with Crippen molar-refractivity contribution in [2.45, 2.75) is 25.9 Å². The first kappa shape index (κ1) is 13.1. The van der Waals surface area contributed by atoms with E-state index in [0.717, 1.165) is 25.9 Å². The molecule has 0 aliphatic carbocycles. The Labute approximate surface area is 117 Å². The number of piperidine rings is 1. The summed E-state index contributed by atoms with van der Waals surface area (Å²) in [6.07, 6.45) is 1.45. The van der Waals surface area contributed by atoms with Crippen molar-refractivity contribution < 1.29 is 14.3 Å². The van der Waals surface area contributed by atoms with Crippen molar-refractivity contribution in [2.75, 3.05) is 18.4 Å². The van der Waals surface area contributed by atoms with Crippen LogP contribution in [0.3, 0.4) is 0 Å². The van der Waals surface area contributed by atoms with E-state index in [1.165, 1.54) is 0 Å². The van der Waals surface area contributed by atoms with E-state index in [9.17, 15) is 9.59 Å². The number of hydrogen-bond donors (Lipinski definition) is 2. The van der Waals surface area contributed by atoms with Gasteiger partial charge >= 0.3 is 0 Å². The molecule has 5 nitrogen and oxygen atoms in total. The molecule has 2 aliphatic rings. The molecule has 2 atom stereocenters. The minimum Gasteiger partial charge on any atom is -0.479 e. The van der Waals surface area contributed by atoms with Crippen molar-refractivity contribution in [2.24, 2.45) is 5.92 Å². The fourth-order valence-electron chi connectivity index (χ4n) is 2.67. The minimum atomic E-state index is -0.494. The first-order chi connectivity index (χ1) is 9.65. The van der Waals surface area contributed by atoms with Gasteiger partial charge in [0, 0.05) is 18.0 Å². The van der Waals surface area contributed by atoms with Gasteiger partial charge in [0.15, 0.2) is 11.9 Å². The smallest absolute Gasteiger partial charge is 0.265 e. The van der Waals surface area contributed by atoms with Gasteiger partial charge in [-0.2, -0.15) is 0 Å². The number of fused-ring (bicyclic) bond motifs is 1. The lowest BCUT2D eigenvalue weighted by atomic mass is 9.90. The van der Waals surface area contributed by atoms with Gasteiger partial charge in [0.25, 0.3) is 5.91 Å². The number of benzene rings is 1. The molecule has 1 saturated heterocycles. The van der Waals surface area contributed by atoms with E-state index < -0.39 is 6.10 Å². The molecule has 0 bridgehead atoms. The summed E-state index contributed by atoms with van der Waals surface area (Å²) in [6.45, 7) is 3.41. The third-order valence-corrected chi connectivity index (χ3v) is 3.86. The van der Waals surface area contributed by atoms with E-state index in [-0.39, 0.29) is 17.6 Å². The van der Waals surface area contributed by atoms with Crippen LogP contribution in [-0.4, -0.2) is 30.9 Å².